The maximum absolute atomic E-state index is 12.9. The van der Waals surface area contributed by atoms with Gasteiger partial charge in [-0.3, -0.25) is 9.59 Å². The summed E-state index contributed by atoms with van der Waals surface area (Å²) in [4.78, 5) is 29.3. The SMILES string of the molecule is CC1CCN(C(=O)CN2C(=O)CSc3cccn3-c3ccccc32)CC1. The van der Waals surface area contributed by atoms with E-state index >= 15 is 0 Å². The summed E-state index contributed by atoms with van der Waals surface area (Å²) in [6.07, 6.45) is 4.08. The number of likely N-dealkylation sites (tertiary alicyclic amines) is 1. The van der Waals surface area contributed by atoms with E-state index in [9.17, 15) is 9.59 Å². The highest BCUT2D eigenvalue weighted by molar-refractivity contribution is 7.99. The van der Waals surface area contributed by atoms with Crippen molar-refractivity contribution in [3.8, 4) is 5.69 Å². The fourth-order valence-corrected chi connectivity index (χ4v) is 4.49. The van der Waals surface area contributed by atoms with Gasteiger partial charge < -0.3 is 14.4 Å². The number of benzene rings is 1. The second kappa shape index (κ2) is 7.19. The predicted molar refractivity (Wildman–Crippen MR) is 104 cm³/mol. The van der Waals surface area contributed by atoms with Gasteiger partial charge in [-0.1, -0.05) is 30.8 Å². The van der Waals surface area contributed by atoms with Crippen LogP contribution >= 0.6 is 11.8 Å². The van der Waals surface area contributed by atoms with Gasteiger partial charge in [0.05, 0.1) is 22.2 Å². The molecule has 0 aliphatic carbocycles. The van der Waals surface area contributed by atoms with Gasteiger partial charge in [0.1, 0.15) is 6.54 Å². The van der Waals surface area contributed by atoms with E-state index in [1.54, 1.807) is 4.90 Å². The van der Waals surface area contributed by atoms with Crippen LogP contribution in [0.15, 0.2) is 47.6 Å². The summed E-state index contributed by atoms with van der Waals surface area (Å²) in [5, 5.41) is 1.04. The number of rotatable bonds is 2. The van der Waals surface area contributed by atoms with Crippen LogP contribution in [0.1, 0.15) is 19.8 Å². The molecule has 4 rings (SSSR count). The zero-order chi connectivity index (χ0) is 18.1. The molecule has 5 nitrogen and oxygen atoms in total. The van der Waals surface area contributed by atoms with E-state index in [0.29, 0.717) is 11.7 Å². The first-order chi connectivity index (χ1) is 12.6. The lowest BCUT2D eigenvalue weighted by Crippen LogP contribution is -2.46. The fourth-order valence-electron chi connectivity index (χ4n) is 3.59. The number of amides is 2. The van der Waals surface area contributed by atoms with Crippen molar-refractivity contribution >= 4 is 29.3 Å². The summed E-state index contributed by atoms with van der Waals surface area (Å²) in [5.41, 5.74) is 1.74. The van der Waals surface area contributed by atoms with Gasteiger partial charge in [-0.05, 0) is 43.0 Å². The molecule has 0 saturated carbocycles. The molecular weight excluding hydrogens is 346 g/mol. The highest BCUT2D eigenvalue weighted by Crippen LogP contribution is 2.33. The molecule has 3 heterocycles. The summed E-state index contributed by atoms with van der Waals surface area (Å²) in [6.45, 7) is 3.92. The number of hydrogen-bond acceptors (Lipinski definition) is 3. The number of hydrogen-bond donors (Lipinski definition) is 0. The molecule has 2 aromatic rings. The second-order valence-electron chi connectivity index (χ2n) is 7.04. The summed E-state index contributed by atoms with van der Waals surface area (Å²) in [7, 11) is 0. The van der Waals surface area contributed by atoms with Crippen LogP contribution in [0.2, 0.25) is 0 Å². The number of nitrogens with zero attached hydrogens (tertiary/aromatic N) is 3. The second-order valence-corrected chi connectivity index (χ2v) is 8.03. The minimum absolute atomic E-state index is 0.0198. The van der Waals surface area contributed by atoms with E-state index in [1.165, 1.54) is 11.8 Å². The molecule has 1 aromatic carbocycles. The van der Waals surface area contributed by atoms with Gasteiger partial charge in [0.2, 0.25) is 11.8 Å². The van der Waals surface area contributed by atoms with Gasteiger partial charge in [0.25, 0.3) is 0 Å². The topological polar surface area (TPSA) is 45.6 Å². The normalized spacial score (nSPS) is 18.1. The predicted octanol–water partition coefficient (Wildman–Crippen LogP) is 3.17. The maximum Gasteiger partial charge on any atom is 0.242 e. The van der Waals surface area contributed by atoms with E-state index in [2.05, 4.69) is 11.5 Å². The quantitative estimate of drug-likeness (QED) is 0.817. The van der Waals surface area contributed by atoms with Gasteiger partial charge in [-0.2, -0.15) is 0 Å². The van der Waals surface area contributed by atoms with Crippen molar-refractivity contribution in [3.05, 3.63) is 42.6 Å². The molecule has 0 spiro atoms. The van der Waals surface area contributed by atoms with Crippen molar-refractivity contribution in [3.63, 3.8) is 0 Å². The molecule has 6 heteroatoms. The number of aromatic nitrogens is 1. The Morgan fingerprint density at radius 2 is 1.85 bits per heavy atom. The molecule has 1 fully saturated rings. The van der Waals surface area contributed by atoms with Crippen LogP contribution in [-0.2, 0) is 9.59 Å². The van der Waals surface area contributed by atoms with Gasteiger partial charge in [0, 0.05) is 19.3 Å². The number of para-hydroxylation sites is 2. The highest BCUT2D eigenvalue weighted by Gasteiger charge is 2.28. The van der Waals surface area contributed by atoms with Crippen molar-refractivity contribution in [2.24, 2.45) is 5.92 Å². The van der Waals surface area contributed by atoms with Crippen LogP contribution in [-0.4, -0.2) is 46.7 Å². The molecule has 2 amide bonds. The first-order valence-electron chi connectivity index (χ1n) is 9.11. The molecule has 136 valence electrons. The van der Waals surface area contributed by atoms with Crippen LogP contribution in [0.5, 0.6) is 0 Å². The van der Waals surface area contributed by atoms with E-state index in [-0.39, 0.29) is 18.4 Å². The Labute approximate surface area is 158 Å². The smallest absolute Gasteiger partial charge is 0.242 e. The zero-order valence-corrected chi connectivity index (χ0v) is 15.7. The Kier molecular flexibility index (Phi) is 4.76. The van der Waals surface area contributed by atoms with E-state index in [1.807, 2.05) is 47.5 Å². The molecule has 1 aromatic heterocycles. The number of thioether (sulfide) groups is 1. The van der Waals surface area contributed by atoms with Gasteiger partial charge in [-0.25, -0.2) is 0 Å². The van der Waals surface area contributed by atoms with Crippen LogP contribution in [0, 0.1) is 5.92 Å². The molecule has 0 N–H and O–H groups in total. The van der Waals surface area contributed by atoms with Crippen LogP contribution in [0.4, 0.5) is 5.69 Å². The Morgan fingerprint density at radius 1 is 1.12 bits per heavy atom. The molecule has 0 unspecified atom stereocenters. The molecule has 26 heavy (non-hydrogen) atoms. The summed E-state index contributed by atoms with van der Waals surface area (Å²) < 4.78 is 2.09. The lowest BCUT2D eigenvalue weighted by molar-refractivity contribution is -0.132. The first kappa shape index (κ1) is 17.2. The lowest BCUT2D eigenvalue weighted by atomic mass is 9.99. The number of piperidine rings is 1. The first-order valence-corrected chi connectivity index (χ1v) is 10.1. The van der Waals surface area contributed by atoms with E-state index in [0.717, 1.165) is 42.3 Å². The lowest BCUT2D eigenvalue weighted by Gasteiger charge is -2.33. The van der Waals surface area contributed by atoms with Crippen molar-refractivity contribution < 1.29 is 9.59 Å². The minimum atomic E-state index is -0.0198. The minimum Gasteiger partial charge on any atom is -0.341 e. The zero-order valence-electron chi connectivity index (χ0n) is 14.9. The third-order valence-electron chi connectivity index (χ3n) is 5.22. The van der Waals surface area contributed by atoms with Gasteiger partial charge in [-0.15, -0.1) is 0 Å². The summed E-state index contributed by atoms with van der Waals surface area (Å²) in [6, 6.07) is 11.8. The Morgan fingerprint density at radius 3 is 2.62 bits per heavy atom. The number of carbonyl (C=O) groups is 2. The number of anilines is 1. The molecule has 2 aliphatic rings. The summed E-state index contributed by atoms with van der Waals surface area (Å²) in [5.74, 6) is 1.03. The van der Waals surface area contributed by atoms with E-state index < -0.39 is 0 Å². The Bertz CT molecular complexity index is 824. The third kappa shape index (κ3) is 3.26. The van der Waals surface area contributed by atoms with Crippen LogP contribution in [0.3, 0.4) is 0 Å². The number of fused-ring (bicyclic) bond motifs is 3. The van der Waals surface area contributed by atoms with Crippen molar-refractivity contribution in [1.29, 1.82) is 0 Å². The molecule has 0 bridgehead atoms. The van der Waals surface area contributed by atoms with Gasteiger partial charge >= 0.3 is 0 Å². The Hall–Kier alpha value is -2.21. The fraction of sp³-hybridized carbons (Fsp3) is 0.400. The maximum atomic E-state index is 12.9. The van der Waals surface area contributed by atoms with Crippen molar-refractivity contribution in [1.82, 2.24) is 9.47 Å². The molecular formula is C20H23N3O2S. The van der Waals surface area contributed by atoms with Crippen molar-refractivity contribution in [2.45, 2.75) is 24.8 Å². The van der Waals surface area contributed by atoms with E-state index in [4.69, 9.17) is 0 Å². The van der Waals surface area contributed by atoms with Crippen LogP contribution < -0.4 is 4.90 Å². The molecule has 1 saturated heterocycles. The Balaban J connectivity index is 1.64. The van der Waals surface area contributed by atoms with Crippen LogP contribution in [0.25, 0.3) is 5.69 Å². The monoisotopic (exact) mass is 369 g/mol. The summed E-state index contributed by atoms with van der Waals surface area (Å²) >= 11 is 1.51. The molecule has 2 aliphatic heterocycles. The third-order valence-corrected chi connectivity index (χ3v) is 6.24. The standard InChI is InChI=1S/C20H23N3O2S/c1-15-8-11-21(12-9-15)18(24)13-23-17-6-3-2-5-16(17)22-10-4-7-20(22)26-14-19(23)25/h2-7,10,15H,8-9,11-14H2,1H3. The van der Waals surface area contributed by atoms with Crippen molar-refractivity contribution in [2.75, 3.05) is 30.3 Å². The molecule has 0 radical (unpaired) electrons. The molecule has 0 atom stereocenters. The highest BCUT2D eigenvalue weighted by atomic mass is 32.2. The number of carbonyl (C=O) groups excluding carboxylic acids is 2. The largest absolute Gasteiger partial charge is 0.341 e. The van der Waals surface area contributed by atoms with Gasteiger partial charge in [0.15, 0.2) is 0 Å². The average Bonchev–Trinajstić information content (AvgIpc) is 3.12. The average molecular weight is 369 g/mol.